The number of hydrogen-bond donors (Lipinski definition) is 3. The molecule has 0 aromatic heterocycles. The number of carbonyl (C=O) groups excluding carboxylic acids is 3. The fourth-order valence-corrected chi connectivity index (χ4v) is 7.87. The van der Waals surface area contributed by atoms with Crippen LogP contribution in [0.25, 0.3) is 0 Å². The molecule has 2 bridgehead atoms. The predicted octanol–water partition coefficient (Wildman–Crippen LogP) is 1.47. The summed E-state index contributed by atoms with van der Waals surface area (Å²) in [6, 6.07) is 7.92. The second kappa shape index (κ2) is 7.81. The van der Waals surface area contributed by atoms with Crippen LogP contribution < -0.4 is 10.6 Å². The number of nitrogens with one attached hydrogen (secondary N) is 2. The van der Waals surface area contributed by atoms with Crippen LogP contribution in [0.2, 0.25) is 0 Å². The van der Waals surface area contributed by atoms with Crippen molar-refractivity contribution in [2.75, 3.05) is 13.7 Å². The van der Waals surface area contributed by atoms with E-state index in [-0.39, 0.29) is 29.6 Å². The highest BCUT2D eigenvalue weighted by Crippen LogP contribution is 2.67. The first-order valence-corrected chi connectivity index (χ1v) is 11.7. The van der Waals surface area contributed by atoms with Gasteiger partial charge in [0.15, 0.2) is 0 Å². The third kappa shape index (κ3) is 3.44. The smallest absolute Gasteiger partial charge is 0.244 e. The summed E-state index contributed by atoms with van der Waals surface area (Å²) >= 11 is 1.63. The molecule has 3 N–H and O–H groups in total. The Hall–Kier alpha value is -2.06. The summed E-state index contributed by atoms with van der Waals surface area (Å²) in [5.41, 5.74) is 0.308. The zero-order valence-corrected chi connectivity index (χ0v) is 19.2. The molecule has 6 atom stereocenters. The number of likely N-dealkylation sites (tertiary alicyclic amines) is 1. The molecule has 7 nitrogen and oxygen atoms in total. The van der Waals surface area contributed by atoms with E-state index < -0.39 is 34.2 Å². The molecule has 8 heteroatoms. The number of benzene rings is 1. The van der Waals surface area contributed by atoms with E-state index in [0.717, 1.165) is 12.0 Å². The van der Waals surface area contributed by atoms with Crippen molar-refractivity contribution in [1.29, 1.82) is 0 Å². The highest BCUT2D eigenvalue weighted by Gasteiger charge is 2.74. The minimum absolute atomic E-state index is 0.0327. The van der Waals surface area contributed by atoms with E-state index in [9.17, 15) is 19.5 Å². The lowest BCUT2D eigenvalue weighted by Gasteiger charge is -2.38. The van der Waals surface area contributed by atoms with E-state index in [0.29, 0.717) is 6.42 Å². The third-order valence-corrected chi connectivity index (χ3v) is 8.68. The summed E-state index contributed by atoms with van der Waals surface area (Å²) < 4.78 is -0.656. The first-order chi connectivity index (χ1) is 14.6. The molecule has 1 aromatic carbocycles. The average Bonchev–Trinajstić information content (AvgIpc) is 3.35. The molecule has 0 saturated carbocycles. The van der Waals surface area contributed by atoms with Crippen molar-refractivity contribution in [2.45, 2.75) is 61.2 Å². The molecule has 2 unspecified atom stereocenters. The lowest BCUT2D eigenvalue weighted by Crippen LogP contribution is -2.57. The van der Waals surface area contributed by atoms with Crippen LogP contribution in [0, 0.1) is 11.8 Å². The maximum Gasteiger partial charge on any atom is 0.244 e. The standard InChI is InChI=1S/C23H31N3O4S/c1-22(2,3)25-20(29)18-23-11-10-15(31-23)16(19(28)24-4)17(23)21(30)26(18)14(12-27)13-8-6-5-7-9-13/h5-9,14-18,27H,10-12H2,1-4H3,(H,24,28)(H,25,29)/t14-,15+,16-,17+,18?,23?/m1/s1. The molecule has 3 aliphatic heterocycles. The van der Waals surface area contributed by atoms with Crippen LogP contribution >= 0.6 is 11.8 Å². The minimum Gasteiger partial charge on any atom is -0.394 e. The Kier molecular flexibility index (Phi) is 5.58. The molecule has 1 aromatic rings. The van der Waals surface area contributed by atoms with Gasteiger partial charge in [0.2, 0.25) is 17.7 Å². The van der Waals surface area contributed by atoms with Gasteiger partial charge in [-0.1, -0.05) is 30.3 Å². The number of carbonyl (C=O) groups is 3. The van der Waals surface area contributed by atoms with Gasteiger partial charge in [-0.2, -0.15) is 0 Å². The highest BCUT2D eigenvalue weighted by molar-refractivity contribution is 8.02. The van der Waals surface area contributed by atoms with Crippen molar-refractivity contribution in [1.82, 2.24) is 15.5 Å². The number of rotatable bonds is 5. The van der Waals surface area contributed by atoms with Gasteiger partial charge in [0.25, 0.3) is 0 Å². The summed E-state index contributed by atoms with van der Waals surface area (Å²) in [7, 11) is 1.59. The molecule has 3 amide bonds. The Morgan fingerprint density at radius 2 is 1.94 bits per heavy atom. The Balaban J connectivity index is 1.82. The fraction of sp³-hybridized carbons (Fsp3) is 0.609. The van der Waals surface area contributed by atoms with Gasteiger partial charge >= 0.3 is 0 Å². The number of nitrogens with zero attached hydrogens (tertiary/aromatic N) is 1. The lowest BCUT2D eigenvalue weighted by atomic mass is 9.70. The van der Waals surface area contributed by atoms with Crippen molar-refractivity contribution < 1.29 is 19.5 Å². The van der Waals surface area contributed by atoms with Gasteiger partial charge < -0.3 is 20.6 Å². The van der Waals surface area contributed by atoms with Crippen molar-refractivity contribution in [2.24, 2.45) is 11.8 Å². The Morgan fingerprint density at radius 3 is 2.52 bits per heavy atom. The topological polar surface area (TPSA) is 98.7 Å². The van der Waals surface area contributed by atoms with Gasteiger partial charge in [-0.05, 0) is 39.2 Å². The van der Waals surface area contributed by atoms with Crippen LogP contribution in [0.5, 0.6) is 0 Å². The number of aliphatic hydroxyl groups excluding tert-OH is 1. The minimum atomic E-state index is -0.744. The molecule has 3 aliphatic rings. The molecule has 31 heavy (non-hydrogen) atoms. The third-order valence-electron chi connectivity index (χ3n) is 6.73. The summed E-state index contributed by atoms with van der Waals surface area (Å²) in [6.45, 7) is 5.44. The quantitative estimate of drug-likeness (QED) is 0.638. The Morgan fingerprint density at radius 1 is 1.26 bits per heavy atom. The van der Waals surface area contributed by atoms with Gasteiger partial charge in [-0.3, -0.25) is 14.4 Å². The van der Waals surface area contributed by atoms with Gasteiger partial charge in [0, 0.05) is 17.8 Å². The molecular formula is C23H31N3O4S. The Bertz CT molecular complexity index is 887. The van der Waals surface area contributed by atoms with Crippen LogP contribution in [0.15, 0.2) is 30.3 Å². The monoisotopic (exact) mass is 445 g/mol. The van der Waals surface area contributed by atoms with Gasteiger partial charge in [-0.15, -0.1) is 11.8 Å². The SMILES string of the molecule is CNC(=O)[C@@H]1[C@@H]2CCC3(S2)C(C(=O)NC(C)(C)C)N([C@H](CO)c2ccccc2)C(=O)[C@H]13. The van der Waals surface area contributed by atoms with Crippen LogP contribution in [-0.4, -0.2) is 63.0 Å². The maximum absolute atomic E-state index is 13.9. The molecular weight excluding hydrogens is 414 g/mol. The number of amides is 3. The van der Waals surface area contributed by atoms with Gasteiger partial charge in [0.05, 0.1) is 29.2 Å². The first kappa shape index (κ1) is 22.1. The summed E-state index contributed by atoms with van der Waals surface area (Å²) in [4.78, 5) is 41.9. The first-order valence-electron chi connectivity index (χ1n) is 10.8. The molecule has 3 heterocycles. The predicted molar refractivity (Wildman–Crippen MR) is 119 cm³/mol. The fourth-order valence-electron chi connectivity index (χ4n) is 5.66. The molecule has 1 spiro atoms. The van der Waals surface area contributed by atoms with Gasteiger partial charge in [0.1, 0.15) is 6.04 Å². The lowest BCUT2D eigenvalue weighted by molar-refractivity contribution is -0.143. The number of aliphatic hydroxyl groups is 1. The van der Waals surface area contributed by atoms with E-state index in [4.69, 9.17) is 0 Å². The van der Waals surface area contributed by atoms with E-state index in [1.165, 1.54) is 0 Å². The van der Waals surface area contributed by atoms with E-state index in [2.05, 4.69) is 10.6 Å². The zero-order valence-electron chi connectivity index (χ0n) is 18.4. The largest absolute Gasteiger partial charge is 0.394 e. The van der Waals surface area contributed by atoms with E-state index in [1.54, 1.807) is 23.7 Å². The Labute approximate surface area is 187 Å². The molecule has 3 fully saturated rings. The molecule has 0 aliphatic carbocycles. The second-order valence-corrected chi connectivity index (χ2v) is 11.4. The molecule has 4 rings (SSSR count). The van der Waals surface area contributed by atoms with Crippen LogP contribution in [0.4, 0.5) is 0 Å². The van der Waals surface area contributed by atoms with Crippen LogP contribution in [-0.2, 0) is 14.4 Å². The zero-order chi connectivity index (χ0) is 22.6. The maximum atomic E-state index is 13.9. The normalized spacial score (nSPS) is 32.7. The van der Waals surface area contributed by atoms with Crippen molar-refractivity contribution in [3.8, 4) is 0 Å². The second-order valence-electron chi connectivity index (χ2n) is 9.76. The highest BCUT2D eigenvalue weighted by atomic mass is 32.2. The van der Waals surface area contributed by atoms with Gasteiger partial charge in [-0.25, -0.2) is 0 Å². The van der Waals surface area contributed by atoms with Crippen molar-refractivity contribution >= 4 is 29.5 Å². The number of thioether (sulfide) groups is 1. The van der Waals surface area contributed by atoms with Crippen LogP contribution in [0.1, 0.15) is 45.2 Å². The number of fused-ring (bicyclic) bond motifs is 1. The van der Waals surface area contributed by atoms with E-state index in [1.807, 2.05) is 51.1 Å². The summed E-state index contributed by atoms with van der Waals surface area (Å²) in [6.07, 6.45) is 1.51. The van der Waals surface area contributed by atoms with Crippen molar-refractivity contribution in [3.05, 3.63) is 35.9 Å². The summed E-state index contributed by atoms with van der Waals surface area (Å²) in [5.74, 6) is -1.59. The van der Waals surface area contributed by atoms with E-state index >= 15 is 0 Å². The molecule has 168 valence electrons. The van der Waals surface area contributed by atoms with Crippen molar-refractivity contribution in [3.63, 3.8) is 0 Å². The number of hydrogen-bond acceptors (Lipinski definition) is 5. The molecule has 3 saturated heterocycles. The average molecular weight is 446 g/mol. The van der Waals surface area contributed by atoms with Crippen LogP contribution in [0.3, 0.4) is 0 Å². The summed E-state index contributed by atoms with van der Waals surface area (Å²) in [5, 5.41) is 16.1. The molecule has 0 radical (unpaired) electrons.